The minimum Gasteiger partial charge on any atom is -0.497 e. The van der Waals surface area contributed by atoms with E-state index in [0.29, 0.717) is 12.3 Å². The Morgan fingerprint density at radius 2 is 2.27 bits per heavy atom. The average Bonchev–Trinajstić information content (AvgIpc) is 2.36. The second-order valence-electron chi connectivity index (χ2n) is 2.39. The Hall–Kier alpha value is -1.52. The molecule has 1 atom stereocenters. The highest BCUT2D eigenvalue weighted by atomic mass is 16.5. The molecule has 1 fully saturated rings. The largest absolute Gasteiger partial charge is 0.497 e. The Balaban J connectivity index is 2.22. The first-order valence-corrected chi connectivity index (χ1v) is 3.21. The lowest BCUT2D eigenvalue weighted by Crippen LogP contribution is -2.53. The fourth-order valence-corrected chi connectivity index (χ4v) is 1.05. The first-order valence-electron chi connectivity index (χ1n) is 3.21. The van der Waals surface area contributed by atoms with Crippen molar-refractivity contribution in [3.05, 3.63) is 12.0 Å². The quantitative estimate of drug-likeness (QED) is 0.416. The number of piperazine rings is 1. The zero-order chi connectivity index (χ0) is 7.84. The third-order valence-electron chi connectivity index (χ3n) is 1.62. The van der Waals surface area contributed by atoms with Gasteiger partial charge in [0.2, 0.25) is 0 Å². The molecule has 58 valence electrons. The van der Waals surface area contributed by atoms with Gasteiger partial charge in [-0.1, -0.05) is 0 Å². The normalized spacial score (nSPS) is 28.0. The molecule has 2 N–H and O–H groups in total. The Morgan fingerprint density at radius 1 is 1.45 bits per heavy atom. The van der Waals surface area contributed by atoms with Crippen LogP contribution in [0.2, 0.25) is 0 Å². The summed E-state index contributed by atoms with van der Waals surface area (Å²) in [5.74, 6) is -1.23. The topological polar surface area (TPSA) is 67.4 Å². The summed E-state index contributed by atoms with van der Waals surface area (Å²) in [6.45, 7) is 0.404. The number of carbonyl (C=O) groups excluding carboxylic acids is 2. The van der Waals surface area contributed by atoms with Crippen LogP contribution < -0.4 is 10.6 Å². The molecule has 0 aromatic heterocycles. The van der Waals surface area contributed by atoms with Gasteiger partial charge in [0.05, 0.1) is 5.70 Å². The van der Waals surface area contributed by atoms with Gasteiger partial charge in [0, 0.05) is 0 Å². The van der Waals surface area contributed by atoms with Crippen LogP contribution in [0.25, 0.3) is 0 Å². The SMILES string of the molecule is O=C1NC2=COCC2NC1=O. The number of rotatable bonds is 0. The van der Waals surface area contributed by atoms with Crippen LogP contribution in [0.3, 0.4) is 0 Å². The summed E-state index contributed by atoms with van der Waals surface area (Å²) >= 11 is 0. The van der Waals surface area contributed by atoms with Crippen LogP contribution in [0, 0.1) is 0 Å². The lowest BCUT2D eigenvalue weighted by Gasteiger charge is -2.19. The highest BCUT2D eigenvalue weighted by molar-refractivity contribution is 6.36. The minimum absolute atomic E-state index is 0.166. The number of carbonyl (C=O) groups is 2. The molecule has 1 unspecified atom stereocenters. The van der Waals surface area contributed by atoms with Gasteiger partial charge in [-0.3, -0.25) is 9.59 Å². The summed E-state index contributed by atoms with van der Waals surface area (Å²) in [6, 6.07) is -0.166. The van der Waals surface area contributed by atoms with Crippen LogP contribution >= 0.6 is 0 Å². The van der Waals surface area contributed by atoms with E-state index in [1.807, 2.05) is 0 Å². The molecule has 0 bridgehead atoms. The fraction of sp³-hybridized carbons (Fsp3) is 0.333. The van der Waals surface area contributed by atoms with Crippen LogP contribution in [-0.4, -0.2) is 24.5 Å². The van der Waals surface area contributed by atoms with Gasteiger partial charge in [-0.15, -0.1) is 0 Å². The lowest BCUT2D eigenvalue weighted by atomic mass is 10.2. The summed E-state index contributed by atoms with van der Waals surface area (Å²) in [5, 5.41) is 4.90. The Morgan fingerprint density at radius 3 is 3.09 bits per heavy atom. The number of amides is 2. The maximum atomic E-state index is 10.7. The summed E-state index contributed by atoms with van der Waals surface area (Å²) in [6.07, 6.45) is 1.45. The number of fused-ring (bicyclic) bond motifs is 1. The molecule has 2 heterocycles. The molecular weight excluding hydrogens is 148 g/mol. The standard InChI is InChI=1S/C6H6N2O3/c9-5-6(10)8-4-2-11-1-3(4)7-5/h1,4H,2H2,(H,7,9)(H,8,10). The van der Waals surface area contributed by atoms with E-state index in [-0.39, 0.29) is 6.04 Å². The van der Waals surface area contributed by atoms with Crippen LogP contribution in [-0.2, 0) is 14.3 Å². The van der Waals surface area contributed by atoms with Crippen LogP contribution in [0.1, 0.15) is 0 Å². The summed E-state index contributed by atoms with van der Waals surface area (Å²) in [4.78, 5) is 21.4. The highest BCUT2D eigenvalue weighted by Gasteiger charge is 2.32. The molecule has 11 heavy (non-hydrogen) atoms. The van der Waals surface area contributed by atoms with Crippen molar-refractivity contribution in [1.82, 2.24) is 10.6 Å². The molecule has 5 nitrogen and oxygen atoms in total. The van der Waals surface area contributed by atoms with E-state index in [9.17, 15) is 9.59 Å². The zero-order valence-corrected chi connectivity index (χ0v) is 5.59. The first kappa shape index (κ1) is 6.21. The van der Waals surface area contributed by atoms with Crippen molar-refractivity contribution in [1.29, 1.82) is 0 Å². The number of hydrogen-bond donors (Lipinski definition) is 2. The van der Waals surface area contributed by atoms with E-state index in [1.165, 1.54) is 6.26 Å². The van der Waals surface area contributed by atoms with Crippen molar-refractivity contribution in [2.24, 2.45) is 0 Å². The zero-order valence-electron chi connectivity index (χ0n) is 5.59. The summed E-state index contributed by atoms with van der Waals surface area (Å²) in [7, 11) is 0. The van der Waals surface area contributed by atoms with Gasteiger partial charge in [0.25, 0.3) is 0 Å². The Kier molecular flexibility index (Phi) is 1.12. The smallest absolute Gasteiger partial charge is 0.313 e. The van der Waals surface area contributed by atoms with E-state index in [2.05, 4.69) is 10.6 Å². The van der Waals surface area contributed by atoms with Crippen LogP contribution in [0.15, 0.2) is 12.0 Å². The van der Waals surface area contributed by atoms with Crippen molar-refractivity contribution in [3.8, 4) is 0 Å². The molecule has 0 saturated carbocycles. The molecule has 0 spiro atoms. The molecule has 2 amide bonds. The second kappa shape index (κ2) is 1.98. The predicted octanol–water partition coefficient (Wildman–Crippen LogP) is -1.53. The molecular formula is C6H6N2O3. The van der Waals surface area contributed by atoms with Gasteiger partial charge in [0.1, 0.15) is 18.9 Å². The maximum Gasteiger partial charge on any atom is 0.313 e. The van der Waals surface area contributed by atoms with Crippen molar-refractivity contribution in [3.63, 3.8) is 0 Å². The van der Waals surface area contributed by atoms with Crippen molar-refractivity contribution in [2.75, 3.05) is 6.61 Å². The van der Waals surface area contributed by atoms with E-state index >= 15 is 0 Å². The van der Waals surface area contributed by atoms with E-state index in [4.69, 9.17) is 4.74 Å². The van der Waals surface area contributed by atoms with E-state index in [0.717, 1.165) is 0 Å². The third-order valence-corrected chi connectivity index (χ3v) is 1.62. The minimum atomic E-state index is -0.627. The average molecular weight is 154 g/mol. The van der Waals surface area contributed by atoms with Crippen LogP contribution in [0.5, 0.6) is 0 Å². The number of hydrogen-bond acceptors (Lipinski definition) is 3. The highest BCUT2D eigenvalue weighted by Crippen LogP contribution is 2.10. The fourth-order valence-electron chi connectivity index (χ4n) is 1.05. The van der Waals surface area contributed by atoms with Gasteiger partial charge >= 0.3 is 11.8 Å². The molecule has 0 aliphatic carbocycles. The molecule has 0 radical (unpaired) electrons. The van der Waals surface area contributed by atoms with Gasteiger partial charge in [-0.2, -0.15) is 0 Å². The Bertz CT molecular complexity index is 259. The molecule has 2 rings (SSSR count). The van der Waals surface area contributed by atoms with Crippen molar-refractivity contribution < 1.29 is 14.3 Å². The monoisotopic (exact) mass is 154 g/mol. The van der Waals surface area contributed by atoms with Gasteiger partial charge in [-0.25, -0.2) is 0 Å². The Labute approximate surface area is 62.4 Å². The van der Waals surface area contributed by atoms with Gasteiger partial charge < -0.3 is 15.4 Å². The maximum absolute atomic E-state index is 10.7. The predicted molar refractivity (Wildman–Crippen MR) is 34.1 cm³/mol. The molecule has 2 aliphatic rings. The molecule has 1 saturated heterocycles. The van der Waals surface area contributed by atoms with Gasteiger partial charge in [-0.05, 0) is 0 Å². The molecule has 5 heteroatoms. The lowest BCUT2D eigenvalue weighted by molar-refractivity contribution is -0.140. The number of nitrogens with one attached hydrogen (secondary N) is 2. The third kappa shape index (κ3) is 0.849. The summed E-state index contributed by atoms with van der Waals surface area (Å²) < 4.78 is 4.90. The molecule has 2 aliphatic heterocycles. The van der Waals surface area contributed by atoms with Gasteiger partial charge in [0.15, 0.2) is 0 Å². The van der Waals surface area contributed by atoms with Crippen molar-refractivity contribution >= 4 is 11.8 Å². The van der Waals surface area contributed by atoms with Crippen molar-refractivity contribution in [2.45, 2.75) is 6.04 Å². The number of ether oxygens (including phenoxy) is 1. The van der Waals surface area contributed by atoms with E-state index < -0.39 is 11.8 Å². The summed E-state index contributed by atoms with van der Waals surface area (Å²) in [5.41, 5.74) is 0.634. The second-order valence-corrected chi connectivity index (χ2v) is 2.39. The molecule has 0 aromatic rings. The van der Waals surface area contributed by atoms with Crippen LogP contribution in [0.4, 0.5) is 0 Å². The first-order chi connectivity index (χ1) is 5.27. The van der Waals surface area contributed by atoms with E-state index in [1.54, 1.807) is 0 Å². The molecule has 0 aromatic carbocycles.